The van der Waals surface area contributed by atoms with E-state index in [2.05, 4.69) is 62.5 Å². The van der Waals surface area contributed by atoms with E-state index in [4.69, 9.17) is 0 Å². The monoisotopic (exact) mass is 283 g/mol. The predicted molar refractivity (Wildman–Crippen MR) is 85.6 cm³/mol. The van der Waals surface area contributed by atoms with Crippen molar-refractivity contribution in [1.29, 1.82) is 0 Å². The minimum Gasteiger partial charge on any atom is -0.357 e. The molecule has 2 heterocycles. The van der Waals surface area contributed by atoms with Gasteiger partial charge in [-0.3, -0.25) is 0 Å². The summed E-state index contributed by atoms with van der Waals surface area (Å²) in [5, 5.41) is 3.01. The smallest absolute Gasteiger partial charge is 0.224 e. The van der Waals surface area contributed by atoms with E-state index in [1.807, 2.05) is 19.3 Å². The van der Waals surface area contributed by atoms with Gasteiger partial charge in [-0.15, -0.1) is 0 Å². The second-order valence-electron chi connectivity index (χ2n) is 5.37. The molecule has 21 heavy (non-hydrogen) atoms. The molecule has 1 aromatic carbocycles. The zero-order valence-corrected chi connectivity index (χ0v) is 12.5. The lowest BCUT2D eigenvalue weighted by atomic mass is 10.0. The van der Waals surface area contributed by atoms with Crippen molar-refractivity contribution in [2.45, 2.75) is 6.04 Å². The maximum absolute atomic E-state index is 4.60. The number of benzene rings is 1. The van der Waals surface area contributed by atoms with E-state index in [-0.39, 0.29) is 0 Å². The maximum atomic E-state index is 4.60. The van der Waals surface area contributed by atoms with Gasteiger partial charge in [0.15, 0.2) is 0 Å². The average Bonchev–Trinajstić information content (AvgIpc) is 2.55. The van der Waals surface area contributed by atoms with E-state index in [1.54, 1.807) is 0 Å². The van der Waals surface area contributed by atoms with Crippen LogP contribution in [0.15, 0.2) is 42.6 Å². The first-order valence-electron chi connectivity index (χ1n) is 7.29. The molecule has 0 amide bonds. The molecule has 0 spiro atoms. The maximum Gasteiger partial charge on any atom is 0.224 e. The second kappa shape index (κ2) is 6.10. The number of hydrogen-bond donors (Lipinski definition) is 1. The first-order valence-corrected chi connectivity index (χ1v) is 7.29. The fourth-order valence-corrected chi connectivity index (χ4v) is 2.78. The molecule has 3 rings (SSSR count). The van der Waals surface area contributed by atoms with E-state index in [0.717, 1.165) is 25.5 Å². The topological polar surface area (TPSA) is 44.3 Å². The summed E-state index contributed by atoms with van der Waals surface area (Å²) in [6.45, 7) is 3.02. The molecule has 1 fully saturated rings. The van der Waals surface area contributed by atoms with Crippen LogP contribution >= 0.6 is 0 Å². The molecule has 2 aromatic rings. The number of hydrogen-bond acceptors (Lipinski definition) is 5. The predicted octanol–water partition coefficient (Wildman–Crippen LogP) is 2.01. The highest BCUT2D eigenvalue weighted by atomic mass is 15.3. The Kier molecular flexibility index (Phi) is 4.01. The Morgan fingerprint density at radius 1 is 1.14 bits per heavy atom. The summed E-state index contributed by atoms with van der Waals surface area (Å²) in [4.78, 5) is 13.5. The van der Waals surface area contributed by atoms with Crippen LogP contribution in [0.3, 0.4) is 0 Å². The molecule has 1 aromatic heterocycles. The van der Waals surface area contributed by atoms with Gasteiger partial charge in [0.1, 0.15) is 5.82 Å². The molecule has 0 saturated carbocycles. The van der Waals surface area contributed by atoms with Gasteiger partial charge in [0, 0.05) is 32.9 Å². The van der Waals surface area contributed by atoms with Gasteiger partial charge in [-0.05, 0) is 18.7 Å². The quantitative estimate of drug-likeness (QED) is 0.933. The Balaban J connectivity index is 1.94. The van der Waals surface area contributed by atoms with Crippen LogP contribution in [-0.2, 0) is 0 Å². The van der Waals surface area contributed by atoms with Gasteiger partial charge in [-0.25, -0.2) is 4.98 Å². The third kappa shape index (κ3) is 2.97. The van der Waals surface area contributed by atoms with E-state index >= 15 is 0 Å². The Morgan fingerprint density at radius 2 is 1.95 bits per heavy atom. The molecule has 1 saturated heterocycles. The number of rotatable bonds is 3. The van der Waals surface area contributed by atoms with Gasteiger partial charge in [0.05, 0.1) is 6.04 Å². The number of piperazine rings is 1. The van der Waals surface area contributed by atoms with Gasteiger partial charge in [-0.1, -0.05) is 30.3 Å². The summed E-state index contributed by atoms with van der Waals surface area (Å²) in [6.07, 6.45) is 1.81. The third-order valence-electron chi connectivity index (χ3n) is 3.93. The van der Waals surface area contributed by atoms with Gasteiger partial charge >= 0.3 is 0 Å². The molecule has 5 heteroatoms. The number of likely N-dealkylation sites (N-methyl/N-ethyl adjacent to an activating group) is 1. The van der Waals surface area contributed by atoms with E-state index in [9.17, 15) is 0 Å². The molecule has 1 aliphatic heterocycles. The molecule has 0 bridgehead atoms. The first kappa shape index (κ1) is 13.8. The fourth-order valence-electron chi connectivity index (χ4n) is 2.78. The SMILES string of the molecule is CNc1nccc(N2CCN(C)CC2c2ccccc2)n1. The Morgan fingerprint density at radius 3 is 2.71 bits per heavy atom. The number of aromatic nitrogens is 2. The van der Waals surface area contributed by atoms with Crippen molar-refractivity contribution < 1.29 is 0 Å². The van der Waals surface area contributed by atoms with Crippen LogP contribution in [0, 0.1) is 0 Å². The standard InChI is InChI=1S/C16H21N5/c1-17-16-18-9-8-15(19-16)21-11-10-20(2)12-14(21)13-6-4-3-5-7-13/h3-9,14H,10-12H2,1-2H3,(H,17,18,19). The first-order chi connectivity index (χ1) is 10.3. The number of anilines is 2. The summed E-state index contributed by atoms with van der Waals surface area (Å²) in [5.74, 6) is 1.65. The summed E-state index contributed by atoms with van der Waals surface area (Å²) in [5.41, 5.74) is 1.33. The van der Waals surface area contributed by atoms with Gasteiger partial charge < -0.3 is 15.1 Å². The highest BCUT2D eigenvalue weighted by Gasteiger charge is 2.27. The van der Waals surface area contributed by atoms with Crippen molar-refractivity contribution in [3.8, 4) is 0 Å². The van der Waals surface area contributed by atoms with Crippen LogP contribution in [0.1, 0.15) is 11.6 Å². The van der Waals surface area contributed by atoms with E-state index in [0.29, 0.717) is 12.0 Å². The number of nitrogens with one attached hydrogen (secondary N) is 1. The largest absolute Gasteiger partial charge is 0.357 e. The van der Waals surface area contributed by atoms with Gasteiger partial charge in [0.25, 0.3) is 0 Å². The summed E-state index contributed by atoms with van der Waals surface area (Å²) < 4.78 is 0. The van der Waals surface area contributed by atoms with Crippen LogP contribution in [0.2, 0.25) is 0 Å². The van der Waals surface area contributed by atoms with Crippen molar-refractivity contribution in [3.05, 3.63) is 48.2 Å². The molecule has 1 atom stereocenters. The Hall–Kier alpha value is -2.14. The highest BCUT2D eigenvalue weighted by Crippen LogP contribution is 2.29. The summed E-state index contributed by atoms with van der Waals surface area (Å²) >= 11 is 0. The van der Waals surface area contributed by atoms with Gasteiger partial charge in [-0.2, -0.15) is 4.98 Å². The molecule has 0 aliphatic carbocycles. The average molecular weight is 283 g/mol. The van der Waals surface area contributed by atoms with Crippen LogP contribution in [0.4, 0.5) is 11.8 Å². The molecule has 5 nitrogen and oxygen atoms in total. The lowest BCUT2D eigenvalue weighted by Gasteiger charge is -2.41. The van der Waals surface area contributed by atoms with Crippen LogP contribution in [0.5, 0.6) is 0 Å². The van der Waals surface area contributed by atoms with Crippen LogP contribution < -0.4 is 10.2 Å². The van der Waals surface area contributed by atoms with E-state index in [1.165, 1.54) is 5.56 Å². The molecule has 1 N–H and O–H groups in total. The lowest BCUT2D eigenvalue weighted by Crippen LogP contribution is -2.47. The van der Waals surface area contributed by atoms with Crippen molar-refractivity contribution >= 4 is 11.8 Å². The van der Waals surface area contributed by atoms with Crippen LogP contribution in [0.25, 0.3) is 0 Å². The normalized spacial score (nSPS) is 19.5. The Bertz CT molecular complexity index is 586. The minimum absolute atomic E-state index is 0.324. The third-order valence-corrected chi connectivity index (χ3v) is 3.93. The van der Waals surface area contributed by atoms with E-state index < -0.39 is 0 Å². The molecular formula is C16H21N5. The fraction of sp³-hybridized carbons (Fsp3) is 0.375. The van der Waals surface area contributed by atoms with Crippen molar-refractivity contribution in [1.82, 2.24) is 14.9 Å². The van der Waals surface area contributed by atoms with Crippen molar-refractivity contribution in [3.63, 3.8) is 0 Å². The minimum atomic E-state index is 0.324. The summed E-state index contributed by atoms with van der Waals surface area (Å²) in [6, 6.07) is 13.0. The molecule has 1 unspecified atom stereocenters. The zero-order valence-electron chi connectivity index (χ0n) is 12.5. The van der Waals surface area contributed by atoms with Crippen LogP contribution in [-0.4, -0.2) is 48.6 Å². The zero-order chi connectivity index (χ0) is 14.7. The lowest BCUT2D eigenvalue weighted by molar-refractivity contribution is 0.268. The van der Waals surface area contributed by atoms with Crippen molar-refractivity contribution in [2.75, 3.05) is 43.9 Å². The summed E-state index contributed by atoms with van der Waals surface area (Å²) in [7, 11) is 4.02. The van der Waals surface area contributed by atoms with Gasteiger partial charge in [0.2, 0.25) is 5.95 Å². The second-order valence-corrected chi connectivity index (χ2v) is 5.37. The highest BCUT2D eigenvalue weighted by molar-refractivity contribution is 5.46. The molecule has 1 aliphatic rings. The number of nitrogens with zero attached hydrogens (tertiary/aromatic N) is 4. The Labute approximate surface area is 125 Å². The van der Waals surface area contributed by atoms with Crippen molar-refractivity contribution in [2.24, 2.45) is 0 Å². The molecule has 0 radical (unpaired) electrons. The molecule has 110 valence electrons. The molecular weight excluding hydrogens is 262 g/mol.